The third kappa shape index (κ3) is 3.50. The van der Waals surface area contributed by atoms with Crippen LogP contribution in [0.4, 0.5) is 11.6 Å². The van der Waals surface area contributed by atoms with Crippen LogP contribution >= 0.6 is 43.5 Å². The van der Waals surface area contributed by atoms with E-state index in [0.717, 1.165) is 14.6 Å². The lowest BCUT2D eigenvalue weighted by atomic mass is 10.3. The Kier molecular flexibility index (Phi) is 5.00. The van der Waals surface area contributed by atoms with Crippen LogP contribution in [0.2, 0.25) is 5.28 Å². The molecular weight excluding hydrogens is 415 g/mol. The number of nitrogens with one attached hydrogen (secondary N) is 1. The molecule has 0 aliphatic heterocycles. The lowest BCUT2D eigenvalue weighted by molar-refractivity contribution is 0.379. The van der Waals surface area contributed by atoms with Gasteiger partial charge in [0, 0.05) is 10.5 Å². The van der Waals surface area contributed by atoms with Crippen molar-refractivity contribution in [1.82, 2.24) is 15.0 Å². The van der Waals surface area contributed by atoms with Crippen molar-refractivity contribution in [2.45, 2.75) is 0 Å². The highest BCUT2D eigenvalue weighted by Gasteiger charge is 2.10. The molecule has 106 valence electrons. The van der Waals surface area contributed by atoms with Crippen molar-refractivity contribution in [3.8, 4) is 11.8 Å². The van der Waals surface area contributed by atoms with Crippen LogP contribution in [0.1, 0.15) is 0 Å². The van der Waals surface area contributed by atoms with Gasteiger partial charge in [-0.25, -0.2) is 0 Å². The standard InChI is InChI=1S/C11H9Br2ClN4O2/c1-19-8-4-7(5(12)3-6(8)13)15-10-16-9(14)17-11(18-10)20-2/h3-4H,1-2H3,(H,15,16,17,18). The lowest BCUT2D eigenvalue weighted by Crippen LogP contribution is -2.02. The zero-order valence-electron chi connectivity index (χ0n) is 10.4. The lowest BCUT2D eigenvalue weighted by Gasteiger charge is -2.11. The SMILES string of the molecule is COc1nc(Cl)nc(Nc2cc(OC)c(Br)cc2Br)n1. The Morgan fingerprint density at radius 3 is 2.45 bits per heavy atom. The Hall–Kier alpha value is -1.12. The molecule has 0 fully saturated rings. The Balaban J connectivity index is 2.36. The van der Waals surface area contributed by atoms with E-state index in [1.165, 1.54) is 7.11 Å². The van der Waals surface area contributed by atoms with Crippen LogP contribution in [-0.2, 0) is 0 Å². The monoisotopic (exact) mass is 422 g/mol. The normalized spacial score (nSPS) is 10.2. The minimum absolute atomic E-state index is 0.0412. The fraction of sp³-hybridized carbons (Fsp3) is 0.182. The highest BCUT2D eigenvalue weighted by molar-refractivity contribution is 9.11. The van der Waals surface area contributed by atoms with E-state index in [4.69, 9.17) is 21.1 Å². The van der Waals surface area contributed by atoms with E-state index in [0.29, 0.717) is 5.75 Å². The first-order valence-corrected chi connectivity index (χ1v) is 7.25. The summed E-state index contributed by atoms with van der Waals surface area (Å²) in [4.78, 5) is 11.8. The van der Waals surface area contributed by atoms with Crippen molar-refractivity contribution < 1.29 is 9.47 Å². The summed E-state index contributed by atoms with van der Waals surface area (Å²) >= 11 is 12.6. The summed E-state index contributed by atoms with van der Waals surface area (Å²) in [5.74, 6) is 0.940. The van der Waals surface area contributed by atoms with E-state index >= 15 is 0 Å². The molecule has 0 amide bonds. The quantitative estimate of drug-likeness (QED) is 0.805. The molecular formula is C11H9Br2ClN4O2. The minimum Gasteiger partial charge on any atom is -0.495 e. The molecule has 0 saturated carbocycles. The number of methoxy groups -OCH3 is 2. The molecule has 0 bridgehead atoms. The molecule has 20 heavy (non-hydrogen) atoms. The summed E-state index contributed by atoms with van der Waals surface area (Å²) in [6.45, 7) is 0. The van der Waals surface area contributed by atoms with Gasteiger partial charge < -0.3 is 14.8 Å². The largest absolute Gasteiger partial charge is 0.495 e. The first-order valence-electron chi connectivity index (χ1n) is 5.29. The number of hydrogen-bond donors (Lipinski definition) is 1. The topological polar surface area (TPSA) is 69.2 Å². The Bertz CT molecular complexity index is 642. The second-order valence-electron chi connectivity index (χ2n) is 3.51. The molecule has 0 radical (unpaired) electrons. The average molecular weight is 424 g/mol. The summed E-state index contributed by atoms with van der Waals surface area (Å²) in [6, 6.07) is 3.77. The van der Waals surface area contributed by atoms with Crippen LogP contribution in [-0.4, -0.2) is 29.2 Å². The molecule has 2 rings (SSSR count). The molecule has 0 saturated heterocycles. The van der Waals surface area contributed by atoms with Crippen LogP contribution in [0.15, 0.2) is 21.1 Å². The van der Waals surface area contributed by atoms with Crippen molar-refractivity contribution in [1.29, 1.82) is 0 Å². The van der Waals surface area contributed by atoms with E-state index in [1.807, 2.05) is 6.07 Å². The van der Waals surface area contributed by atoms with Crippen LogP contribution < -0.4 is 14.8 Å². The maximum absolute atomic E-state index is 5.79. The highest BCUT2D eigenvalue weighted by Crippen LogP contribution is 2.35. The molecule has 2 aromatic rings. The number of aromatic nitrogens is 3. The smallest absolute Gasteiger partial charge is 0.322 e. The van der Waals surface area contributed by atoms with E-state index in [1.54, 1.807) is 13.2 Å². The van der Waals surface area contributed by atoms with Crippen molar-refractivity contribution in [2.75, 3.05) is 19.5 Å². The number of ether oxygens (including phenoxy) is 2. The van der Waals surface area contributed by atoms with E-state index < -0.39 is 0 Å². The number of rotatable bonds is 4. The summed E-state index contributed by atoms with van der Waals surface area (Å²) < 4.78 is 11.8. The van der Waals surface area contributed by atoms with Gasteiger partial charge in [0.05, 0.1) is 24.4 Å². The van der Waals surface area contributed by atoms with Crippen molar-refractivity contribution in [3.63, 3.8) is 0 Å². The third-order valence-corrected chi connectivity index (χ3v) is 3.70. The molecule has 6 nitrogen and oxygen atoms in total. The van der Waals surface area contributed by atoms with Gasteiger partial charge in [-0.2, -0.15) is 15.0 Å². The Morgan fingerprint density at radius 2 is 1.80 bits per heavy atom. The van der Waals surface area contributed by atoms with E-state index in [2.05, 4.69) is 52.1 Å². The van der Waals surface area contributed by atoms with Gasteiger partial charge in [0.1, 0.15) is 5.75 Å². The number of hydrogen-bond acceptors (Lipinski definition) is 6. The van der Waals surface area contributed by atoms with Gasteiger partial charge in [0.25, 0.3) is 0 Å². The molecule has 1 heterocycles. The zero-order valence-corrected chi connectivity index (χ0v) is 14.4. The summed E-state index contributed by atoms with van der Waals surface area (Å²) in [5, 5.41) is 3.06. The van der Waals surface area contributed by atoms with Crippen LogP contribution in [0.25, 0.3) is 0 Å². The summed E-state index contributed by atoms with van der Waals surface area (Å²) in [5.41, 5.74) is 0.717. The fourth-order valence-corrected chi connectivity index (χ4v) is 2.79. The van der Waals surface area contributed by atoms with Gasteiger partial charge in [-0.1, -0.05) is 0 Å². The number of nitrogens with zero attached hydrogens (tertiary/aromatic N) is 3. The van der Waals surface area contributed by atoms with Gasteiger partial charge in [-0.05, 0) is 49.5 Å². The van der Waals surface area contributed by atoms with Gasteiger partial charge in [-0.15, -0.1) is 0 Å². The first kappa shape index (κ1) is 15.3. The van der Waals surface area contributed by atoms with Crippen molar-refractivity contribution >= 4 is 55.1 Å². The van der Waals surface area contributed by atoms with Crippen LogP contribution in [0.3, 0.4) is 0 Å². The minimum atomic E-state index is 0.0412. The van der Waals surface area contributed by atoms with E-state index in [-0.39, 0.29) is 17.2 Å². The molecule has 9 heteroatoms. The molecule has 0 spiro atoms. The molecule has 1 N–H and O–H groups in total. The highest BCUT2D eigenvalue weighted by atomic mass is 79.9. The van der Waals surface area contributed by atoms with Crippen molar-refractivity contribution in [3.05, 3.63) is 26.4 Å². The van der Waals surface area contributed by atoms with Crippen LogP contribution in [0, 0.1) is 0 Å². The van der Waals surface area contributed by atoms with Crippen molar-refractivity contribution in [2.24, 2.45) is 0 Å². The maximum Gasteiger partial charge on any atom is 0.322 e. The Labute approximate surface area is 137 Å². The second kappa shape index (κ2) is 6.55. The molecule has 0 aliphatic carbocycles. The van der Waals surface area contributed by atoms with Gasteiger partial charge >= 0.3 is 6.01 Å². The van der Waals surface area contributed by atoms with Crippen LogP contribution in [0.5, 0.6) is 11.8 Å². The number of halogens is 3. The average Bonchev–Trinajstić information content (AvgIpc) is 2.41. The number of anilines is 2. The van der Waals surface area contributed by atoms with Gasteiger partial charge in [0.2, 0.25) is 11.2 Å². The van der Waals surface area contributed by atoms with Gasteiger partial charge in [0.15, 0.2) is 0 Å². The summed E-state index contributed by atoms with van der Waals surface area (Å²) in [6.07, 6.45) is 0. The Morgan fingerprint density at radius 1 is 1.05 bits per heavy atom. The molecule has 0 atom stereocenters. The van der Waals surface area contributed by atoms with Gasteiger partial charge in [-0.3, -0.25) is 0 Å². The van der Waals surface area contributed by atoms with E-state index in [9.17, 15) is 0 Å². The molecule has 0 aliphatic rings. The maximum atomic E-state index is 5.79. The second-order valence-corrected chi connectivity index (χ2v) is 5.55. The zero-order chi connectivity index (χ0) is 14.7. The first-order chi connectivity index (χ1) is 9.53. The predicted molar refractivity (Wildman–Crippen MR) is 83.1 cm³/mol. The molecule has 1 aromatic carbocycles. The molecule has 0 unspecified atom stereocenters. The predicted octanol–water partition coefficient (Wildman–Crippen LogP) is 3.81. The molecule has 1 aromatic heterocycles. The fourth-order valence-electron chi connectivity index (χ4n) is 1.38. The third-order valence-electron chi connectivity index (χ3n) is 2.26. The summed E-state index contributed by atoms with van der Waals surface area (Å²) in [7, 11) is 3.04. The number of benzene rings is 1.